The molecule has 3 aliphatic heterocycles. The van der Waals surface area contributed by atoms with Crippen molar-refractivity contribution >= 4 is 11.6 Å². The lowest BCUT2D eigenvalue weighted by molar-refractivity contribution is -0.186. The molecule has 5 rings (SSSR count). The van der Waals surface area contributed by atoms with Gasteiger partial charge in [-0.05, 0) is 61.2 Å². The predicted molar refractivity (Wildman–Crippen MR) is 135 cm³/mol. The lowest BCUT2D eigenvalue weighted by atomic mass is 9.96. The van der Waals surface area contributed by atoms with Gasteiger partial charge in [-0.25, -0.2) is 5.01 Å². The molecule has 186 valence electrons. The van der Waals surface area contributed by atoms with Crippen molar-refractivity contribution in [1.82, 2.24) is 9.91 Å². The Morgan fingerprint density at radius 1 is 1.06 bits per heavy atom. The predicted octanol–water partition coefficient (Wildman–Crippen LogP) is 4.22. The van der Waals surface area contributed by atoms with E-state index in [1.807, 2.05) is 31.2 Å². The third-order valence-electron chi connectivity index (χ3n) is 7.37. The zero-order chi connectivity index (χ0) is 24.4. The lowest BCUT2D eigenvalue weighted by Gasteiger charge is -2.37. The fourth-order valence-electron chi connectivity index (χ4n) is 5.15. The monoisotopic (exact) mass is 477 g/mol. The number of nitrogens with zero attached hydrogens (tertiary/aromatic N) is 3. The largest absolute Gasteiger partial charge is 0.494 e. The molecular weight excluding hydrogens is 442 g/mol. The van der Waals surface area contributed by atoms with Crippen LogP contribution in [0, 0.1) is 13.8 Å². The van der Waals surface area contributed by atoms with Crippen LogP contribution in [0.5, 0.6) is 5.75 Å². The van der Waals surface area contributed by atoms with Gasteiger partial charge < -0.3 is 14.2 Å². The molecule has 35 heavy (non-hydrogen) atoms. The van der Waals surface area contributed by atoms with Gasteiger partial charge in [0.1, 0.15) is 5.75 Å². The number of piperidine rings is 1. The summed E-state index contributed by atoms with van der Waals surface area (Å²) in [5.74, 6) is 0.417. The number of aryl methyl sites for hydroxylation is 2. The van der Waals surface area contributed by atoms with Gasteiger partial charge in [0, 0.05) is 32.4 Å². The van der Waals surface area contributed by atoms with E-state index in [4.69, 9.17) is 19.3 Å². The van der Waals surface area contributed by atoms with Crippen molar-refractivity contribution in [2.24, 2.45) is 5.10 Å². The molecule has 0 saturated carbocycles. The Bertz CT molecular complexity index is 1080. The maximum absolute atomic E-state index is 13.6. The average Bonchev–Trinajstić information content (AvgIpc) is 3.51. The van der Waals surface area contributed by atoms with Gasteiger partial charge in [-0.3, -0.25) is 9.69 Å². The highest BCUT2D eigenvalue weighted by atomic mass is 16.7. The second-order valence-electron chi connectivity index (χ2n) is 9.69. The van der Waals surface area contributed by atoms with Crippen molar-refractivity contribution in [3.05, 3.63) is 64.7 Å². The van der Waals surface area contributed by atoms with Gasteiger partial charge >= 0.3 is 0 Å². The van der Waals surface area contributed by atoms with Crippen LogP contribution in [-0.4, -0.2) is 66.8 Å². The first-order valence-electron chi connectivity index (χ1n) is 12.7. The Kier molecular flexibility index (Phi) is 6.91. The van der Waals surface area contributed by atoms with Gasteiger partial charge in [0.2, 0.25) is 0 Å². The zero-order valence-electron chi connectivity index (χ0n) is 21.0. The molecule has 1 atom stereocenters. The highest BCUT2D eigenvalue weighted by Gasteiger charge is 2.41. The van der Waals surface area contributed by atoms with E-state index in [9.17, 15) is 4.79 Å². The number of hydrogen-bond acceptors (Lipinski definition) is 6. The average molecular weight is 478 g/mol. The summed E-state index contributed by atoms with van der Waals surface area (Å²) in [6.45, 7) is 10.0. The fourth-order valence-corrected chi connectivity index (χ4v) is 5.15. The van der Waals surface area contributed by atoms with Crippen molar-refractivity contribution in [2.75, 3.05) is 39.5 Å². The number of benzene rings is 2. The molecule has 0 N–H and O–H groups in total. The van der Waals surface area contributed by atoms with Crippen LogP contribution in [0.2, 0.25) is 0 Å². The maximum Gasteiger partial charge on any atom is 0.257 e. The number of carbonyl (C=O) groups excluding carboxylic acids is 1. The molecule has 1 spiro atoms. The molecule has 0 aromatic heterocycles. The van der Waals surface area contributed by atoms with E-state index in [1.165, 1.54) is 11.1 Å². The normalized spacial score (nSPS) is 22.0. The third-order valence-corrected chi connectivity index (χ3v) is 7.37. The van der Waals surface area contributed by atoms with Crippen LogP contribution < -0.4 is 4.74 Å². The van der Waals surface area contributed by atoms with E-state index in [1.54, 1.807) is 5.01 Å². The molecule has 0 bridgehead atoms. The number of ether oxygens (including phenoxy) is 3. The van der Waals surface area contributed by atoms with Crippen molar-refractivity contribution in [3.63, 3.8) is 0 Å². The summed E-state index contributed by atoms with van der Waals surface area (Å²) >= 11 is 0. The van der Waals surface area contributed by atoms with E-state index in [0.717, 1.165) is 48.5 Å². The van der Waals surface area contributed by atoms with E-state index < -0.39 is 5.79 Å². The van der Waals surface area contributed by atoms with E-state index in [2.05, 4.69) is 36.9 Å². The highest BCUT2D eigenvalue weighted by Crippen LogP contribution is 2.35. The minimum Gasteiger partial charge on any atom is -0.494 e. The van der Waals surface area contributed by atoms with Gasteiger partial charge in [-0.1, -0.05) is 24.3 Å². The van der Waals surface area contributed by atoms with Gasteiger partial charge in [-0.2, -0.15) is 5.10 Å². The lowest BCUT2D eigenvalue weighted by Crippen LogP contribution is -2.48. The summed E-state index contributed by atoms with van der Waals surface area (Å²) in [7, 11) is 0. The van der Waals surface area contributed by atoms with Gasteiger partial charge in [-0.15, -0.1) is 0 Å². The summed E-state index contributed by atoms with van der Waals surface area (Å²) in [6.07, 6.45) is 2.27. The van der Waals surface area contributed by atoms with E-state index in [-0.39, 0.29) is 11.9 Å². The van der Waals surface area contributed by atoms with Crippen LogP contribution in [0.25, 0.3) is 0 Å². The molecule has 0 radical (unpaired) electrons. The standard InChI is InChI=1S/C28H35N3O4/c1-4-33-24-9-7-22(8-10-24)26-18-25(23-6-5-20(2)21(3)17-23)29-31(26)27(32)19-30-13-11-28(12-14-30)34-15-16-35-28/h5-10,17,26H,4,11-16,18-19H2,1-3H3. The van der Waals surface area contributed by atoms with Gasteiger partial charge in [0.25, 0.3) is 5.91 Å². The molecule has 1 amide bonds. The summed E-state index contributed by atoms with van der Waals surface area (Å²) in [4.78, 5) is 15.8. The highest BCUT2D eigenvalue weighted by molar-refractivity contribution is 6.03. The van der Waals surface area contributed by atoms with Crippen LogP contribution in [0.15, 0.2) is 47.6 Å². The summed E-state index contributed by atoms with van der Waals surface area (Å²) in [5, 5.41) is 6.58. The smallest absolute Gasteiger partial charge is 0.257 e. The number of hydrogen-bond donors (Lipinski definition) is 0. The number of hydrazone groups is 1. The van der Waals surface area contributed by atoms with Gasteiger partial charge in [0.15, 0.2) is 5.79 Å². The second-order valence-corrected chi connectivity index (χ2v) is 9.69. The molecule has 7 heteroatoms. The second kappa shape index (κ2) is 10.1. The number of amides is 1. The Balaban J connectivity index is 1.35. The molecule has 7 nitrogen and oxygen atoms in total. The van der Waals surface area contributed by atoms with Crippen LogP contribution in [-0.2, 0) is 14.3 Å². The quantitative estimate of drug-likeness (QED) is 0.624. The molecular formula is C28H35N3O4. The SMILES string of the molecule is CCOc1ccc(C2CC(c3ccc(C)c(C)c3)=NN2C(=O)CN2CCC3(CC2)OCCO3)cc1. The molecule has 2 aromatic rings. The minimum absolute atomic E-state index is 0.0203. The molecule has 1 unspecified atom stereocenters. The first kappa shape index (κ1) is 24.0. The van der Waals surface area contributed by atoms with Crippen LogP contribution in [0.4, 0.5) is 0 Å². The first-order chi connectivity index (χ1) is 17.0. The number of carbonyl (C=O) groups is 1. The van der Waals surface area contributed by atoms with Crippen LogP contribution >= 0.6 is 0 Å². The van der Waals surface area contributed by atoms with E-state index >= 15 is 0 Å². The maximum atomic E-state index is 13.6. The van der Waals surface area contributed by atoms with Crippen molar-refractivity contribution in [3.8, 4) is 5.75 Å². The van der Waals surface area contributed by atoms with Crippen molar-refractivity contribution < 1.29 is 19.0 Å². The molecule has 3 heterocycles. The zero-order valence-corrected chi connectivity index (χ0v) is 21.0. The Morgan fingerprint density at radius 2 is 1.77 bits per heavy atom. The number of rotatable bonds is 6. The fraction of sp³-hybridized carbons (Fsp3) is 0.500. The first-order valence-corrected chi connectivity index (χ1v) is 12.7. The molecule has 2 saturated heterocycles. The van der Waals surface area contributed by atoms with Crippen molar-refractivity contribution in [1.29, 1.82) is 0 Å². The topological polar surface area (TPSA) is 63.6 Å². The van der Waals surface area contributed by atoms with Gasteiger partial charge in [0.05, 0.1) is 38.1 Å². The minimum atomic E-state index is -0.438. The molecule has 2 fully saturated rings. The van der Waals surface area contributed by atoms with E-state index in [0.29, 0.717) is 32.8 Å². The van der Waals surface area contributed by atoms with Crippen LogP contribution in [0.3, 0.4) is 0 Å². The van der Waals surface area contributed by atoms with Crippen molar-refractivity contribution in [2.45, 2.75) is 51.9 Å². The van der Waals surface area contributed by atoms with Crippen LogP contribution in [0.1, 0.15) is 54.5 Å². The Labute approximate surface area is 207 Å². The summed E-state index contributed by atoms with van der Waals surface area (Å²) in [6, 6.07) is 14.3. The summed E-state index contributed by atoms with van der Waals surface area (Å²) in [5.41, 5.74) is 5.57. The molecule has 0 aliphatic carbocycles. The Hall–Kier alpha value is -2.74. The third kappa shape index (κ3) is 5.13. The number of likely N-dealkylation sites (tertiary alicyclic amines) is 1. The molecule has 2 aromatic carbocycles. The Morgan fingerprint density at radius 3 is 2.43 bits per heavy atom. The summed E-state index contributed by atoms with van der Waals surface area (Å²) < 4.78 is 17.3. The molecule has 3 aliphatic rings.